The van der Waals surface area contributed by atoms with Gasteiger partial charge in [0.2, 0.25) is 0 Å². The molecule has 0 aromatic rings. The monoisotopic (exact) mass is 424 g/mol. The van der Waals surface area contributed by atoms with Crippen molar-refractivity contribution in [2.24, 2.45) is 5.92 Å². The maximum Gasteiger partial charge on any atom is 0.192 e. The summed E-state index contributed by atoms with van der Waals surface area (Å²) in [4.78, 5) is 13.1. The number of hydrogen-bond donors (Lipinski definition) is 0. The van der Waals surface area contributed by atoms with Crippen molar-refractivity contribution in [3.8, 4) is 12.3 Å². The van der Waals surface area contributed by atoms with Gasteiger partial charge in [0.05, 0.1) is 18.1 Å². The van der Waals surface area contributed by atoms with Crippen molar-refractivity contribution >= 4 is 22.4 Å². The molecule has 162 valence electrons. The lowest BCUT2D eigenvalue weighted by molar-refractivity contribution is -0.128. The van der Waals surface area contributed by atoms with Crippen LogP contribution in [0.2, 0.25) is 36.3 Å². The van der Waals surface area contributed by atoms with Crippen molar-refractivity contribution in [2.45, 2.75) is 110 Å². The van der Waals surface area contributed by atoms with Gasteiger partial charge in [-0.15, -0.1) is 18.9 Å². The van der Waals surface area contributed by atoms with Crippen LogP contribution in [0.1, 0.15) is 61.3 Å². The van der Waals surface area contributed by atoms with E-state index in [-0.39, 0.29) is 22.0 Å². The molecular weight excluding hydrogens is 380 g/mol. The fraction of sp³-hybridized carbons (Fsp3) is 0.783. The Morgan fingerprint density at radius 3 is 1.79 bits per heavy atom. The van der Waals surface area contributed by atoms with E-state index in [2.05, 4.69) is 80.2 Å². The highest BCUT2D eigenvalue weighted by Gasteiger charge is 2.46. The van der Waals surface area contributed by atoms with E-state index in [1.54, 1.807) is 6.08 Å². The van der Waals surface area contributed by atoms with Gasteiger partial charge in [0.25, 0.3) is 0 Å². The van der Waals surface area contributed by atoms with Crippen molar-refractivity contribution in [3.63, 3.8) is 0 Å². The predicted octanol–water partition coefficient (Wildman–Crippen LogP) is 6.57. The Labute approximate surface area is 176 Å². The highest BCUT2D eigenvalue weighted by molar-refractivity contribution is 6.74. The molecule has 0 aliphatic carbocycles. The van der Waals surface area contributed by atoms with Crippen molar-refractivity contribution < 1.29 is 13.6 Å². The van der Waals surface area contributed by atoms with Gasteiger partial charge >= 0.3 is 0 Å². The molecule has 0 saturated carbocycles. The van der Waals surface area contributed by atoms with E-state index in [1.807, 2.05) is 6.92 Å². The summed E-state index contributed by atoms with van der Waals surface area (Å²) in [5.74, 6) is 2.44. The van der Waals surface area contributed by atoms with Crippen LogP contribution in [0, 0.1) is 18.3 Å². The summed E-state index contributed by atoms with van der Waals surface area (Å²) in [5.41, 5.74) is 0. The summed E-state index contributed by atoms with van der Waals surface area (Å²) in [6.45, 7) is 27.8. The van der Waals surface area contributed by atoms with Crippen LogP contribution in [-0.2, 0) is 13.6 Å². The Morgan fingerprint density at radius 1 is 1.04 bits per heavy atom. The van der Waals surface area contributed by atoms with Gasteiger partial charge in [-0.2, -0.15) is 0 Å². The van der Waals surface area contributed by atoms with E-state index in [9.17, 15) is 4.79 Å². The zero-order valence-corrected chi connectivity index (χ0v) is 22.2. The van der Waals surface area contributed by atoms with Gasteiger partial charge in [-0.05, 0) is 36.3 Å². The van der Waals surface area contributed by atoms with Crippen LogP contribution >= 0.6 is 0 Å². The second kappa shape index (κ2) is 9.89. The molecule has 0 aliphatic heterocycles. The molecule has 0 aliphatic rings. The number of carbonyl (C=O) groups is 1. The van der Waals surface area contributed by atoms with Crippen LogP contribution < -0.4 is 0 Å². The third-order valence-corrected chi connectivity index (χ3v) is 15.5. The van der Waals surface area contributed by atoms with E-state index in [0.717, 1.165) is 0 Å². The minimum atomic E-state index is -2.11. The zero-order valence-electron chi connectivity index (χ0n) is 20.2. The molecule has 0 aromatic heterocycles. The Hall–Kier alpha value is -0.676. The first-order valence-corrected chi connectivity index (χ1v) is 16.2. The van der Waals surface area contributed by atoms with Crippen LogP contribution in [0.5, 0.6) is 0 Å². The van der Waals surface area contributed by atoms with E-state index in [4.69, 9.17) is 15.3 Å². The molecule has 3 atom stereocenters. The van der Waals surface area contributed by atoms with Crippen LogP contribution in [0.3, 0.4) is 0 Å². The fourth-order valence-corrected chi connectivity index (χ4v) is 5.15. The Morgan fingerprint density at radius 2 is 1.46 bits per heavy atom. The molecule has 3 nitrogen and oxygen atoms in total. The Balaban J connectivity index is 6.09. The molecule has 0 saturated heterocycles. The number of hydrogen-bond acceptors (Lipinski definition) is 3. The van der Waals surface area contributed by atoms with Crippen LogP contribution in [0.4, 0.5) is 0 Å². The number of rotatable bonds is 10. The lowest BCUT2D eigenvalue weighted by Gasteiger charge is -2.44. The van der Waals surface area contributed by atoms with Crippen molar-refractivity contribution in [1.82, 2.24) is 0 Å². The average Bonchev–Trinajstić information content (AvgIpc) is 2.51. The van der Waals surface area contributed by atoms with Gasteiger partial charge in [0, 0.05) is 12.8 Å². The quantitative estimate of drug-likeness (QED) is 0.226. The fourth-order valence-electron chi connectivity index (χ4n) is 2.54. The molecule has 5 heteroatoms. The average molecular weight is 425 g/mol. The number of Topliss-reactive ketones (excluding diaryl/α,β-unsaturated/α-hetero) is 1. The maximum atomic E-state index is 13.1. The highest BCUT2D eigenvalue weighted by Crippen LogP contribution is 2.41. The van der Waals surface area contributed by atoms with Gasteiger partial charge in [-0.25, -0.2) is 0 Å². The Kier molecular flexibility index (Phi) is 9.65. The molecular formula is C23H44O3Si2. The lowest BCUT2D eigenvalue weighted by Crippen LogP contribution is -2.52. The zero-order chi connectivity index (χ0) is 22.6. The molecule has 0 unspecified atom stereocenters. The normalized spacial score (nSPS) is 16.8. The van der Waals surface area contributed by atoms with Gasteiger partial charge in [-0.1, -0.05) is 54.5 Å². The molecule has 0 fully saturated rings. The summed E-state index contributed by atoms with van der Waals surface area (Å²) < 4.78 is 13.3. The molecule has 0 rings (SSSR count). The summed E-state index contributed by atoms with van der Waals surface area (Å²) >= 11 is 0. The van der Waals surface area contributed by atoms with Gasteiger partial charge in [-0.3, -0.25) is 4.79 Å². The first-order chi connectivity index (χ1) is 12.4. The summed E-state index contributed by atoms with van der Waals surface area (Å²) in [5, 5.41) is 0.0690. The standard InChI is InChI=1S/C23H44O3Si2/c1-14-17-20(26-28(12,13)23(7,8)9)21(18(24)15-2)19(16-3)25-27(10,11)22(4,5)6/h1,16,19-21H,3,15,17H2,2,4-13H3/t19-,20+,21-/m0/s1. The molecule has 0 spiro atoms. The molecule has 0 bridgehead atoms. The largest absolute Gasteiger partial charge is 0.412 e. The van der Waals surface area contributed by atoms with Gasteiger partial charge in [0.15, 0.2) is 16.6 Å². The molecule has 0 N–H and O–H groups in total. The van der Waals surface area contributed by atoms with Gasteiger partial charge in [0.1, 0.15) is 5.78 Å². The molecule has 0 amide bonds. The van der Waals surface area contributed by atoms with Crippen LogP contribution in [-0.4, -0.2) is 34.6 Å². The van der Waals surface area contributed by atoms with E-state index in [0.29, 0.717) is 12.8 Å². The third kappa shape index (κ3) is 6.98. The first-order valence-electron chi connectivity index (χ1n) is 10.4. The number of ketones is 1. The molecule has 0 radical (unpaired) electrons. The second-order valence-corrected chi connectivity index (χ2v) is 20.3. The predicted molar refractivity (Wildman–Crippen MR) is 127 cm³/mol. The van der Waals surface area contributed by atoms with Crippen molar-refractivity contribution in [2.75, 3.05) is 0 Å². The van der Waals surface area contributed by atoms with Crippen LogP contribution in [0.25, 0.3) is 0 Å². The van der Waals surface area contributed by atoms with E-state index >= 15 is 0 Å². The third-order valence-electron chi connectivity index (χ3n) is 6.52. The van der Waals surface area contributed by atoms with Gasteiger partial charge < -0.3 is 8.85 Å². The molecule has 0 heterocycles. The second-order valence-electron chi connectivity index (χ2n) is 10.7. The number of carbonyl (C=O) groups excluding carboxylic acids is 1. The maximum absolute atomic E-state index is 13.1. The van der Waals surface area contributed by atoms with Crippen molar-refractivity contribution in [3.05, 3.63) is 12.7 Å². The minimum absolute atomic E-state index is 0.0314. The molecule has 28 heavy (non-hydrogen) atoms. The minimum Gasteiger partial charge on any atom is -0.412 e. The lowest BCUT2D eigenvalue weighted by atomic mass is 9.88. The van der Waals surface area contributed by atoms with E-state index < -0.39 is 28.7 Å². The van der Waals surface area contributed by atoms with Crippen molar-refractivity contribution in [1.29, 1.82) is 0 Å². The summed E-state index contributed by atoms with van der Waals surface area (Å²) in [7, 11) is -4.20. The SMILES string of the molecule is C#CC[C@@H](O[Si](C)(C)C(C)(C)C)[C@@H](C(=O)CC)[C@H](C=C)O[Si](C)(C)C(C)(C)C. The van der Waals surface area contributed by atoms with Crippen LogP contribution in [0.15, 0.2) is 12.7 Å². The topological polar surface area (TPSA) is 35.5 Å². The molecule has 0 aromatic carbocycles. The first kappa shape index (κ1) is 27.3. The summed E-state index contributed by atoms with van der Waals surface area (Å²) in [6, 6.07) is 0. The van der Waals surface area contributed by atoms with E-state index in [1.165, 1.54) is 0 Å². The Bertz CT molecular complexity index is 574. The summed E-state index contributed by atoms with van der Waals surface area (Å²) in [6.07, 6.45) is 7.54. The smallest absolute Gasteiger partial charge is 0.192 e. The highest BCUT2D eigenvalue weighted by atomic mass is 28.4. The number of terminal acetylenes is 1.